The second kappa shape index (κ2) is 10.7. The molecule has 190 valence electrons. The number of halogens is 2. The first-order chi connectivity index (χ1) is 17.4. The van der Waals surface area contributed by atoms with Crippen LogP contribution in [0.15, 0.2) is 40.3 Å². The summed E-state index contributed by atoms with van der Waals surface area (Å²) in [7, 11) is 0. The first-order valence-corrected chi connectivity index (χ1v) is 15.2. The molecule has 2 aromatic heterocycles. The predicted octanol–water partition coefficient (Wildman–Crippen LogP) is 5.63. The summed E-state index contributed by atoms with van der Waals surface area (Å²) in [6.07, 6.45) is 15.9. The molecule has 0 aromatic carbocycles. The lowest BCUT2D eigenvalue weighted by Crippen LogP contribution is -2.25. The molecule has 4 N–H and O–H groups in total. The summed E-state index contributed by atoms with van der Waals surface area (Å²) in [6.45, 7) is 8.93. The fourth-order valence-electron chi connectivity index (χ4n) is 5.60. The number of aromatic nitrogens is 2. The lowest BCUT2D eigenvalue weighted by atomic mass is 9.99. The molecule has 2 aromatic rings. The number of fused-ring (bicyclic) bond motifs is 8. The topological polar surface area (TPSA) is 55.6 Å². The van der Waals surface area contributed by atoms with E-state index in [-0.39, 0.29) is 12.1 Å². The smallest absolute Gasteiger partial charge is 0.0684 e. The van der Waals surface area contributed by atoms with Gasteiger partial charge in [0.15, 0.2) is 0 Å². The van der Waals surface area contributed by atoms with Gasteiger partial charge in [-0.15, -0.1) is 0 Å². The number of allylic oxidation sites excluding steroid dienone is 2. The first kappa shape index (κ1) is 25.5. The van der Waals surface area contributed by atoms with Gasteiger partial charge in [0.05, 0.1) is 12.1 Å². The van der Waals surface area contributed by atoms with Crippen LogP contribution in [0.3, 0.4) is 0 Å². The minimum Gasteiger partial charge on any atom is -0.375 e. The van der Waals surface area contributed by atoms with Crippen molar-refractivity contribution in [3.05, 3.63) is 79.0 Å². The summed E-state index contributed by atoms with van der Waals surface area (Å²) in [6, 6.07) is 2.62. The monoisotopic (exact) mass is 610 g/mol. The van der Waals surface area contributed by atoms with Crippen LogP contribution in [0.2, 0.25) is 0 Å². The minimum atomic E-state index is 0.172. The van der Waals surface area contributed by atoms with E-state index in [9.17, 15) is 0 Å². The molecule has 0 radical (unpaired) electrons. The maximum Gasteiger partial charge on any atom is 0.0684 e. The van der Waals surface area contributed by atoms with Crippen LogP contribution in [0, 0.1) is 13.8 Å². The highest BCUT2D eigenvalue weighted by atomic mass is 79.9. The zero-order chi connectivity index (χ0) is 25.4. The molecule has 2 unspecified atom stereocenters. The van der Waals surface area contributed by atoms with Crippen molar-refractivity contribution in [2.75, 3.05) is 10.7 Å². The Morgan fingerprint density at radius 1 is 0.806 bits per heavy atom. The Morgan fingerprint density at radius 3 is 2.33 bits per heavy atom. The Morgan fingerprint density at radius 2 is 1.56 bits per heavy atom. The van der Waals surface area contributed by atoms with Gasteiger partial charge in [-0.2, -0.15) is 0 Å². The van der Waals surface area contributed by atoms with E-state index in [1.165, 1.54) is 61.5 Å². The normalized spacial score (nSPS) is 24.1. The third kappa shape index (κ3) is 4.99. The summed E-state index contributed by atoms with van der Waals surface area (Å²) in [5, 5.41) is 11.9. The lowest BCUT2D eigenvalue weighted by molar-refractivity contribution is 0.840. The van der Waals surface area contributed by atoms with Gasteiger partial charge in [0.1, 0.15) is 0 Å². The molecule has 0 saturated heterocycles. The number of aryl methyl sites for hydroxylation is 1. The molecule has 6 heteroatoms. The number of aromatic amines is 2. The quantitative estimate of drug-likeness (QED) is 0.320. The fourth-order valence-corrected chi connectivity index (χ4v) is 6.16. The molecule has 0 fully saturated rings. The van der Waals surface area contributed by atoms with Gasteiger partial charge in [0, 0.05) is 44.1 Å². The van der Waals surface area contributed by atoms with Crippen LogP contribution in [0.5, 0.6) is 0 Å². The van der Waals surface area contributed by atoms with Gasteiger partial charge in [0.25, 0.3) is 0 Å². The Kier molecular flexibility index (Phi) is 7.55. The summed E-state index contributed by atoms with van der Waals surface area (Å²) in [5.41, 5.74) is 13.0. The molecule has 4 nitrogen and oxygen atoms in total. The van der Waals surface area contributed by atoms with Gasteiger partial charge >= 0.3 is 0 Å². The summed E-state index contributed by atoms with van der Waals surface area (Å²) in [5.74, 6) is 0. The lowest BCUT2D eigenvalue weighted by Gasteiger charge is -2.10. The van der Waals surface area contributed by atoms with Gasteiger partial charge in [-0.25, -0.2) is 0 Å². The van der Waals surface area contributed by atoms with Crippen LogP contribution in [0.1, 0.15) is 61.2 Å². The molecule has 5 heterocycles. The van der Waals surface area contributed by atoms with Crippen molar-refractivity contribution in [3.63, 3.8) is 0 Å². The fraction of sp³-hybridized carbons (Fsp3) is 0.400. The summed E-state index contributed by atoms with van der Waals surface area (Å²) < 4.78 is 0. The van der Waals surface area contributed by atoms with E-state index in [1.807, 2.05) is 0 Å². The maximum absolute atomic E-state index is 3.86. The SMILES string of the molecule is CC1=CC2/C=c3\[nH]/c(cc3C)=C\C3N/C(=C\c4[nH]c(c(C)c4CCCBr)C=C1N2)C(CCCBr)=C3C. The number of nitrogens with one attached hydrogen (secondary N) is 4. The Balaban J connectivity index is 1.71. The molecular weight excluding hydrogens is 576 g/mol. The number of rotatable bonds is 6. The first-order valence-electron chi connectivity index (χ1n) is 13.0. The van der Waals surface area contributed by atoms with Crippen molar-refractivity contribution in [1.82, 2.24) is 20.6 Å². The molecule has 8 bridgehead atoms. The van der Waals surface area contributed by atoms with E-state index in [1.54, 1.807) is 0 Å². The second-order valence-corrected chi connectivity index (χ2v) is 11.8. The molecular formula is C30H36Br2N4. The second-order valence-electron chi connectivity index (χ2n) is 10.2. The Labute approximate surface area is 231 Å². The third-order valence-electron chi connectivity index (χ3n) is 7.67. The van der Waals surface area contributed by atoms with Crippen LogP contribution < -0.4 is 21.3 Å². The molecule has 0 saturated carbocycles. The molecule has 3 aliphatic heterocycles. The third-order valence-corrected chi connectivity index (χ3v) is 8.79. The highest BCUT2D eigenvalue weighted by molar-refractivity contribution is 9.09. The van der Waals surface area contributed by atoms with Crippen molar-refractivity contribution in [2.24, 2.45) is 0 Å². The molecule has 0 aliphatic carbocycles. The van der Waals surface area contributed by atoms with Crippen molar-refractivity contribution in [1.29, 1.82) is 0 Å². The van der Waals surface area contributed by atoms with E-state index >= 15 is 0 Å². The zero-order valence-corrected chi connectivity index (χ0v) is 24.8. The van der Waals surface area contributed by atoms with Crippen molar-refractivity contribution < 1.29 is 0 Å². The number of hydrogen-bond acceptors (Lipinski definition) is 2. The average molecular weight is 612 g/mol. The van der Waals surface area contributed by atoms with E-state index in [0.29, 0.717) is 0 Å². The minimum absolute atomic E-state index is 0.172. The van der Waals surface area contributed by atoms with Gasteiger partial charge in [-0.1, -0.05) is 37.9 Å². The van der Waals surface area contributed by atoms with Crippen LogP contribution >= 0.6 is 31.9 Å². The highest BCUT2D eigenvalue weighted by Gasteiger charge is 2.25. The molecule has 0 amide bonds. The highest BCUT2D eigenvalue weighted by Crippen LogP contribution is 2.33. The van der Waals surface area contributed by atoms with Gasteiger partial charge < -0.3 is 20.6 Å². The average Bonchev–Trinajstić information content (AvgIpc) is 3.53. The van der Waals surface area contributed by atoms with Crippen LogP contribution in [0.25, 0.3) is 24.3 Å². The van der Waals surface area contributed by atoms with Crippen LogP contribution in [-0.2, 0) is 6.42 Å². The molecule has 5 rings (SSSR count). The number of H-pyrrole nitrogens is 2. The number of hydrogen-bond donors (Lipinski definition) is 4. The maximum atomic E-state index is 3.86. The van der Waals surface area contributed by atoms with Crippen LogP contribution in [0.4, 0.5) is 0 Å². The predicted molar refractivity (Wildman–Crippen MR) is 161 cm³/mol. The van der Waals surface area contributed by atoms with Gasteiger partial charge in [-0.3, -0.25) is 0 Å². The molecule has 2 atom stereocenters. The van der Waals surface area contributed by atoms with Crippen molar-refractivity contribution in [2.45, 2.75) is 65.5 Å². The van der Waals surface area contributed by atoms with E-state index in [4.69, 9.17) is 0 Å². The summed E-state index contributed by atoms with van der Waals surface area (Å²) in [4.78, 5) is 7.46. The van der Waals surface area contributed by atoms with E-state index in [0.717, 1.165) is 41.7 Å². The van der Waals surface area contributed by atoms with Crippen molar-refractivity contribution >= 4 is 56.2 Å². The molecule has 0 spiro atoms. The van der Waals surface area contributed by atoms with Gasteiger partial charge in [0.2, 0.25) is 0 Å². The largest absolute Gasteiger partial charge is 0.375 e. The Bertz CT molecular complexity index is 1410. The standard InChI is InChI=1S/C30H36Br2N4/c1-17-11-22-14-27-19(3)23(7-5-9-31)29(35-27)16-30-24(8-6-10-32)20(4)28(36-30)15-26-18(2)12-21(34-26)13-25(17)33-22/h11-16,21,27,33-36H,5-10H2,1-4H3/b22-14-,25-13-,26-15?,29-16-. The van der Waals surface area contributed by atoms with Crippen molar-refractivity contribution in [3.8, 4) is 0 Å². The van der Waals surface area contributed by atoms with Crippen LogP contribution in [-0.4, -0.2) is 32.7 Å². The van der Waals surface area contributed by atoms with Gasteiger partial charge in [-0.05, 0) is 117 Å². The zero-order valence-electron chi connectivity index (χ0n) is 21.6. The number of alkyl halides is 2. The van der Waals surface area contributed by atoms with E-state index in [2.05, 4.69) is 117 Å². The molecule has 3 aliphatic rings. The van der Waals surface area contributed by atoms with E-state index < -0.39 is 0 Å². The Hall–Kier alpha value is -2.18. The summed E-state index contributed by atoms with van der Waals surface area (Å²) >= 11 is 7.28. The molecule has 36 heavy (non-hydrogen) atoms.